The summed E-state index contributed by atoms with van der Waals surface area (Å²) in [5.41, 5.74) is 0.995. The van der Waals surface area contributed by atoms with Crippen LogP contribution in [0.2, 0.25) is 0 Å². The Labute approximate surface area is 114 Å². The number of amides is 1. The molecule has 0 spiro atoms. The van der Waals surface area contributed by atoms with Gasteiger partial charge in [-0.05, 0) is 24.1 Å². The first-order valence-corrected chi connectivity index (χ1v) is 6.76. The second kappa shape index (κ2) is 6.84. The number of aromatic nitrogens is 1. The number of nitrogens with one attached hydrogen (secondary N) is 2. The molecule has 0 saturated heterocycles. The molecule has 0 saturated carbocycles. The van der Waals surface area contributed by atoms with E-state index in [9.17, 15) is 9.18 Å². The Morgan fingerprint density at radius 3 is 2.79 bits per heavy atom. The first-order valence-electron chi connectivity index (χ1n) is 5.88. The molecule has 100 valence electrons. The van der Waals surface area contributed by atoms with Crippen molar-refractivity contribution in [2.75, 3.05) is 18.4 Å². The van der Waals surface area contributed by atoms with Crippen LogP contribution in [0, 0.1) is 5.82 Å². The molecule has 1 aromatic carbocycles. The maximum absolute atomic E-state index is 12.7. The van der Waals surface area contributed by atoms with E-state index < -0.39 is 0 Å². The van der Waals surface area contributed by atoms with Crippen LogP contribution >= 0.6 is 11.3 Å². The largest absolute Gasteiger partial charge is 0.354 e. The van der Waals surface area contributed by atoms with E-state index in [-0.39, 0.29) is 18.3 Å². The lowest BCUT2D eigenvalue weighted by Gasteiger charge is -2.06. The molecule has 1 aromatic heterocycles. The van der Waals surface area contributed by atoms with Crippen molar-refractivity contribution >= 4 is 22.4 Å². The number of hydrogen-bond donors (Lipinski definition) is 2. The van der Waals surface area contributed by atoms with Crippen LogP contribution < -0.4 is 10.6 Å². The van der Waals surface area contributed by atoms with Gasteiger partial charge in [-0.1, -0.05) is 12.1 Å². The zero-order valence-corrected chi connectivity index (χ0v) is 11.0. The minimum absolute atomic E-state index is 0.0858. The minimum atomic E-state index is -0.250. The molecule has 0 atom stereocenters. The summed E-state index contributed by atoms with van der Waals surface area (Å²) in [4.78, 5) is 15.5. The monoisotopic (exact) mass is 279 g/mol. The summed E-state index contributed by atoms with van der Waals surface area (Å²) in [6, 6.07) is 6.27. The highest BCUT2D eigenvalue weighted by Crippen LogP contribution is 2.09. The lowest BCUT2D eigenvalue weighted by Crippen LogP contribution is -2.31. The highest BCUT2D eigenvalue weighted by Gasteiger charge is 2.02. The van der Waals surface area contributed by atoms with E-state index in [2.05, 4.69) is 15.6 Å². The summed E-state index contributed by atoms with van der Waals surface area (Å²) in [5, 5.41) is 8.29. The van der Waals surface area contributed by atoms with E-state index in [1.165, 1.54) is 23.5 Å². The van der Waals surface area contributed by atoms with Crippen LogP contribution in [-0.4, -0.2) is 24.0 Å². The summed E-state index contributed by atoms with van der Waals surface area (Å²) < 4.78 is 12.7. The van der Waals surface area contributed by atoms with Crippen molar-refractivity contribution in [1.82, 2.24) is 10.3 Å². The fourth-order valence-electron chi connectivity index (χ4n) is 1.53. The Hall–Kier alpha value is -1.95. The van der Waals surface area contributed by atoms with E-state index in [1.54, 1.807) is 18.3 Å². The fraction of sp³-hybridized carbons (Fsp3) is 0.231. The van der Waals surface area contributed by atoms with Gasteiger partial charge in [0.2, 0.25) is 5.91 Å². The van der Waals surface area contributed by atoms with Crippen molar-refractivity contribution in [3.05, 3.63) is 47.2 Å². The molecule has 0 radical (unpaired) electrons. The maximum atomic E-state index is 12.7. The van der Waals surface area contributed by atoms with Gasteiger partial charge >= 0.3 is 0 Å². The smallest absolute Gasteiger partial charge is 0.239 e. The van der Waals surface area contributed by atoms with Crippen molar-refractivity contribution in [2.45, 2.75) is 6.42 Å². The molecule has 2 rings (SSSR count). The number of carbonyl (C=O) groups is 1. The zero-order chi connectivity index (χ0) is 13.5. The highest BCUT2D eigenvalue weighted by atomic mass is 32.1. The Balaban J connectivity index is 1.65. The molecule has 2 aromatic rings. The topological polar surface area (TPSA) is 54.0 Å². The second-order valence-electron chi connectivity index (χ2n) is 3.92. The normalized spacial score (nSPS) is 10.2. The third-order valence-corrected chi connectivity index (χ3v) is 3.21. The number of benzene rings is 1. The average Bonchev–Trinajstić information content (AvgIpc) is 2.92. The van der Waals surface area contributed by atoms with Gasteiger partial charge in [0, 0.05) is 18.1 Å². The lowest BCUT2D eigenvalue weighted by atomic mass is 10.1. The van der Waals surface area contributed by atoms with Crippen LogP contribution in [0.4, 0.5) is 9.52 Å². The first-order chi connectivity index (χ1) is 9.24. The summed E-state index contributed by atoms with van der Waals surface area (Å²) in [6.07, 6.45) is 2.36. The molecule has 0 aliphatic heterocycles. The van der Waals surface area contributed by atoms with E-state index in [0.29, 0.717) is 13.0 Å². The van der Waals surface area contributed by atoms with Gasteiger partial charge in [0.15, 0.2) is 5.13 Å². The minimum Gasteiger partial charge on any atom is -0.354 e. The van der Waals surface area contributed by atoms with Gasteiger partial charge in [0.1, 0.15) is 5.82 Å². The summed E-state index contributed by atoms with van der Waals surface area (Å²) >= 11 is 1.45. The first kappa shape index (κ1) is 13.5. The molecule has 1 heterocycles. The summed E-state index contributed by atoms with van der Waals surface area (Å²) in [5.74, 6) is -0.335. The molecule has 2 N–H and O–H groups in total. The quantitative estimate of drug-likeness (QED) is 0.851. The van der Waals surface area contributed by atoms with Gasteiger partial charge in [0.25, 0.3) is 0 Å². The molecule has 0 unspecified atom stereocenters. The van der Waals surface area contributed by atoms with Crippen molar-refractivity contribution in [3.8, 4) is 0 Å². The Morgan fingerprint density at radius 1 is 1.32 bits per heavy atom. The van der Waals surface area contributed by atoms with E-state index in [0.717, 1.165) is 10.7 Å². The Bertz CT molecular complexity index is 513. The van der Waals surface area contributed by atoms with Gasteiger partial charge in [-0.15, -0.1) is 11.3 Å². The number of hydrogen-bond acceptors (Lipinski definition) is 4. The van der Waals surface area contributed by atoms with Crippen LogP contribution in [0.3, 0.4) is 0 Å². The Kier molecular flexibility index (Phi) is 4.85. The van der Waals surface area contributed by atoms with Crippen LogP contribution in [0.1, 0.15) is 5.56 Å². The van der Waals surface area contributed by atoms with Gasteiger partial charge in [-0.3, -0.25) is 4.79 Å². The standard InChI is InChI=1S/C13H14FN3OS/c14-11-3-1-10(2-4-11)5-6-15-12(18)9-17-13-16-7-8-19-13/h1-4,7-8H,5-6,9H2,(H,15,18)(H,16,17). The van der Waals surface area contributed by atoms with Gasteiger partial charge in [-0.25, -0.2) is 9.37 Å². The van der Waals surface area contributed by atoms with Crippen molar-refractivity contribution in [1.29, 1.82) is 0 Å². The highest BCUT2D eigenvalue weighted by molar-refractivity contribution is 7.13. The van der Waals surface area contributed by atoms with E-state index in [4.69, 9.17) is 0 Å². The van der Waals surface area contributed by atoms with Crippen LogP contribution in [0.15, 0.2) is 35.8 Å². The third kappa shape index (κ3) is 4.67. The molecule has 0 aliphatic carbocycles. The number of anilines is 1. The second-order valence-corrected chi connectivity index (χ2v) is 4.81. The maximum Gasteiger partial charge on any atom is 0.239 e. The third-order valence-electron chi connectivity index (χ3n) is 2.48. The zero-order valence-electron chi connectivity index (χ0n) is 10.2. The molecular formula is C13H14FN3OS. The number of rotatable bonds is 6. The molecule has 0 bridgehead atoms. The van der Waals surface area contributed by atoms with E-state index in [1.807, 2.05) is 5.38 Å². The lowest BCUT2D eigenvalue weighted by molar-refractivity contribution is -0.119. The number of halogens is 1. The van der Waals surface area contributed by atoms with Crippen LogP contribution in [-0.2, 0) is 11.2 Å². The van der Waals surface area contributed by atoms with Crippen LogP contribution in [0.5, 0.6) is 0 Å². The number of thiazole rings is 1. The molecule has 4 nitrogen and oxygen atoms in total. The van der Waals surface area contributed by atoms with Crippen LogP contribution in [0.25, 0.3) is 0 Å². The fourth-order valence-corrected chi connectivity index (χ4v) is 2.05. The van der Waals surface area contributed by atoms with Gasteiger partial charge in [-0.2, -0.15) is 0 Å². The number of carbonyl (C=O) groups excluding carboxylic acids is 1. The van der Waals surface area contributed by atoms with Gasteiger partial charge < -0.3 is 10.6 Å². The van der Waals surface area contributed by atoms with Gasteiger partial charge in [0.05, 0.1) is 6.54 Å². The predicted molar refractivity (Wildman–Crippen MR) is 73.7 cm³/mol. The summed E-state index contributed by atoms with van der Waals surface area (Å²) in [6.45, 7) is 0.737. The molecule has 1 amide bonds. The summed E-state index contributed by atoms with van der Waals surface area (Å²) in [7, 11) is 0. The molecule has 19 heavy (non-hydrogen) atoms. The molecular weight excluding hydrogens is 265 g/mol. The van der Waals surface area contributed by atoms with Crippen molar-refractivity contribution < 1.29 is 9.18 Å². The molecule has 6 heteroatoms. The van der Waals surface area contributed by atoms with E-state index >= 15 is 0 Å². The van der Waals surface area contributed by atoms with Crippen molar-refractivity contribution in [2.24, 2.45) is 0 Å². The SMILES string of the molecule is O=C(CNc1nccs1)NCCc1ccc(F)cc1. The number of nitrogens with zero attached hydrogens (tertiary/aromatic N) is 1. The van der Waals surface area contributed by atoms with Crippen molar-refractivity contribution in [3.63, 3.8) is 0 Å². The predicted octanol–water partition coefficient (Wildman–Crippen LogP) is 2.05. The molecule has 0 fully saturated rings. The Morgan fingerprint density at radius 2 is 2.11 bits per heavy atom. The molecule has 0 aliphatic rings. The average molecular weight is 279 g/mol.